The fourth-order valence-corrected chi connectivity index (χ4v) is 6.01. The summed E-state index contributed by atoms with van der Waals surface area (Å²) in [4.78, 5) is 26.1. The Kier molecular flexibility index (Phi) is 7.37. The summed E-state index contributed by atoms with van der Waals surface area (Å²) in [5.41, 5.74) is 3.33. The van der Waals surface area contributed by atoms with E-state index >= 15 is 0 Å². The van der Waals surface area contributed by atoms with Crippen molar-refractivity contribution in [2.45, 2.75) is 39.7 Å². The number of aryl methyl sites for hydroxylation is 1. The molecular weight excluding hydrogens is 499 g/mol. The van der Waals surface area contributed by atoms with Crippen LogP contribution >= 0.6 is 23.2 Å². The zero-order valence-corrected chi connectivity index (χ0v) is 22.5. The second kappa shape index (κ2) is 10.5. The summed E-state index contributed by atoms with van der Waals surface area (Å²) >= 11 is 12.6. The van der Waals surface area contributed by atoms with E-state index in [4.69, 9.17) is 43.0 Å². The maximum atomic E-state index is 11.9. The Hall–Kier alpha value is -2.42. The maximum absolute atomic E-state index is 11.9. The normalized spacial score (nSPS) is 19.9. The Morgan fingerprint density at radius 2 is 2.03 bits per heavy atom. The van der Waals surface area contributed by atoms with Crippen molar-refractivity contribution < 1.29 is 9.53 Å². The molecule has 0 bridgehead atoms. The van der Waals surface area contributed by atoms with Crippen LogP contribution in [0, 0.1) is 18.8 Å². The molecule has 192 valence electrons. The Balaban J connectivity index is 1.29. The van der Waals surface area contributed by atoms with Crippen molar-refractivity contribution in [3.63, 3.8) is 0 Å². The van der Waals surface area contributed by atoms with Gasteiger partial charge in [0.1, 0.15) is 11.3 Å². The highest BCUT2D eigenvalue weighted by molar-refractivity contribution is 6.35. The number of halogens is 2. The molecule has 2 atom stereocenters. The first-order valence-electron chi connectivity index (χ1n) is 12.6. The minimum atomic E-state index is -0.127. The topological polar surface area (TPSA) is 76.4 Å². The number of likely N-dealkylation sites (tertiary alicyclic amines) is 1. The molecule has 2 aliphatic rings. The van der Waals surface area contributed by atoms with E-state index in [9.17, 15) is 4.79 Å². The first-order chi connectivity index (χ1) is 17.3. The Labute approximate surface area is 221 Å². The molecule has 2 unspecified atom stereocenters. The quantitative estimate of drug-likeness (QED) is 0.407. The van der Waals surface area contributed by atoms with Crippen LogP contribution in [-0.4, -0.2) is 69.9 Å². The summed E-state index contributed by atoms with van der Waals surface area (Å²) in [5.74, 6) is 1.92. The predicted octanol–water partition coefficient (Wildman–Crippen LogP) is 4.76. The SMILES string of the molecule is CCOC(=O)CN1CCCC(C2CN(c3cnc4c(C)nn(C(C)c5ccc(Cl)cc5Cl)c4n3)C2)C1. The molecule has 0 aliphatic carbocycles. The molecule has 36 heavy (non-hydrogen) atoms. The van der Waals surface area contributed by atoms with E-state index < -0.39 is 0 Å². The zero-order valence-electron chi connectivity index (χ0n) is 21.0. The van der Waals surface area contributed by atoms with Gasteiger partial charge in [0.05, 0.1) is 31.1 Å². The van der Waals surface area contributed by atoms with Crippen LogP contribution in [0.4, 0.5) is 5.82 Å². The molecule has 2 aliphatic heterocycles. The summed E-state index contributed by atoms with van der Waals surface area (Å²) in [6.45, 7) is 10.5. The minimum absolute atomic E-state index is 0.118. The van der Waals surface area contributed by atoms with Gasteiger partial charge in [0.2, 0.25) is 0 Å². The second-order valence-corrected chi connectivity index (χ2v) is 10.7. The van der Waals surface area contributed by atoms with Gasteiger partial charge < -0.3 is 9.64 Å². The van der Waals surface area contributed by atoms with E-state index in [-0.39, 0.29) is 12.0 Å². The Bertz CT molecular complexity index is 1260. The number of carbonyl (C=O) groups is 1. The number of aromatic nitrogens is 4. The van der Waals surface area contributed by atoms with Crippen LogP contribution in [0.25, 0.3) is 11.2 Å². The summed E-state index contributed by atoms with van der Waals surface area (Å²) in [5, 5.41) is 5.96. The van der Waals surface area contributed by atoms with E-state index in [1.165, 1.54) is 6.42 Å². The number of hydrogen-bond donors (Lipinski definition) is 0. The third kappa shape index (κ3) is 5.04. The van der Waals surface area contributed by atoms with Gasteiger partial charge in [-0.25, -0.2) is 14.6 Å². The van der Waals surface area contributed by atoms with E-state index in [1.807, 2.05) is 36.9 Å². The fraction of sp³-hybridized carbons (Fsp3) is 0.538. The molecule has 2 aromatic heterocycles. The molecule has 4 heterocycles. The average molecular weight is 531 g/mol. The van der Waals surface area contributed by atoms with Crippen LogP contribution in [0.1, 0.15) is 44.0 Å². The molecule has 0 spiro atoms. The van der Waals surface area contributed by atoms with Crippen LogP contribution in [0.15, 0.2) is 24.4 Å². The first-order valence-corrected chi connectivity index (χ1v) is 13.4. The third-order valence-corrected chi connectivity index (χ3v) is 8.00. The first kappa shape index (κ1) is 25.2. The molecule has 10 heteroatoms. The molecule has 2 fully saturated rings. The third-order valence-electron chi connectivity index (χ3n) is 7.44. The van der Waals surface area contributed by atoms with Crippen molar-refractivity contribution in [2.24, 2.45) is 11.8 Å². The van der Waals surface area contributed by atoms with Crippen molar-refractivity contribution in [1.29, 1.82) is 0 Å². The van der Waals surface area contributed by atoms with E-state index in [1.54, 1.807) is 6.07 Å². The van der Waals surface area contributed by atoms with E-state index in [2.05, 4.69) is 16.7 Å². The van der Waals surface area contributed by atoms with Gasteiger partial charge in [0.15, 0.2) is 5.65 Å². The van der Waals surface area contributed by atoms with Gasteiger partial charge in [0.25, 0.3) is 0 Å². The lowest BCUT2D eigenvalue weighted by atomic mass is 9.80. The number of hydrogen-bond acceptors (Lipinski definition) is 7. The standard InChI is InChI=1S/C26H32Cl2N6O2/c1-4-36-24(35)15-32-9-5-6-18(12-32)19-13-33(14-19)23-11-29-25-16(2)31-34(26(25)30-23)17(3)21-8-7-20(27)10-22(21)28/h7-8,10-11,17-19H,4-6,9,12-15H2,1-3H3. The number of esters is 1. The van der Waals surface area contributed by atoms with Crippen LogP contribution in [-0.2, 0) is 9.53 Å². The van der Waals surface area contributed by atoms with Gasteiger partial charge >= 0.3 is 5.97 Å². The van der Waals surface area contributed by atoms with Crippen molar-refractivity contribution in [1.82, 2.24) is 24.6 Å². The highest BCUT2D eigenvalue weighted by Gasteiger charge is 2.37. The zero-order chi connectivity index (χ0) is 25.4. The molecule has 0 amide bonds. The molecule has 5 rings (SSSR count). The number of carbonyl (C=O) groups excluding carboxylic acids is 1. The summed E-state index contributed by atoms with van der Waals surface area (Å²) in [6, 6.07) is 5.41. The van der Waals surface area contributed by atoms with E-state index in [0.29, 0.717) is 35.0 Å². The van der Waals surface area contributed by atoms with Crippen LogP contribution in [0.2, 0.25) is 10.0 Å². The van der Waals surface area contributed by atoms with E-state index in [0.717, 1.165) is 60.8 Å². The van der Waals surface area contributed by atoms with Gasteiger partial charge in [-0.1, -0.05) is 29.3 Å². The number of rotatable bonds is 7. The van der Waals surface area contributed by atoms with Gasteiger partial charge in [-0.3, -0.25) is 9.69 Å². The average Bonchev–Trinajstić information content (AvgIpc) is 3.14. The highest BCUT2D eigenvalue weighted by atomic mass is 35.5. The minimum Gasteiger partial charge on any atom is -0.465 e. The lowest BCUT2D eigenvalue weighted by Gasteiger charge is -2.46. The molecule has 3 aromatic rings. The largest absolute Gasteiger partial charge is 0.465 e. The molecule has 0 saturated carbocycles. The number of benzene rings is 1. The molecule has 0 radical (unpaired) electrons. The molecule has 0 N–H and O–H groups in total. The highest BCUT2D eigenvalue weighted by Crippen LogP contribution is 2.35. The van der Waals surface area contributed by atoms with Crippen LogP contribution < -0.4 is 4.90 Å². The number of nitrogens with zero attached hydrogens (tertiary/aromatic N) is 6. The fourth-order valence-electron chi connectivity index (χ4n) is 5.44. The van der Waals surface area contributed by atoms with Gasteiger partial charge in [-0.15, -0.1) is 0 Å². The lowest BCUT2D eigenvalue weighted by molar-refractivity contribution is -0.145. The molecule has 2 saturated heterocycles. The van der Waals surface area contributed by atoms with Gasteiger partial charge in [-0.2, -0.15) is 5.10 Å². The second-order valence-electron chi connectivity index (χ2n) is 9.88. The molecule has 8 nitrogen and oxygen atoms in total. The number of ether oxygens (including phenoxy) is 1. The molecule has 1 aromatic carbocycles. The number of anilines is 1. The predicted molar refractivity (Wildman–Crippen MR) is 142 cm³/mol. The Morgan fingerprint density at radius 1 is 1.22 bits per heavy atom. The molecular formula is C26H32Cl2N6O2. The van der Waals surface area contributed by atoms with Crippen molar-refractivity contribution >= 4 is 46.2 Å². The number of piperidine rings is 1. The number of fused-ring (bicyclic) bond motifs is 1. The summed E-state index contributed by atoms with van der Waals surface area (Å²) in [6.07, 6.45) is 4.18. The van der Waals surface area contributed by atoms with Gasteiger partial charge in [0, 0.05) is 29.7 Å². The monoisotopic (exact) mass is 530 g/mol. The van der Waals surface area contributed by atoms with Crippen molar-refractivity contribution in [3.8, 4) is 0 Å². The van der Waals surface area contributed by atoms with Gasteiger partial charge in [-0.05, 0) is 69.7 Å². The Morgan fingerprint density at radius 3 is 2.78 bits per heavy atom. The van der Waals surface area contributed by atoms with Crippen molar-refractivity contribution in [3.05, 3.63) is 45.7 Å². The van der Waals surface area contributed by atoms with Crippen LogP contribution in [0.3, 0.4) is 0 Å². The summed E-state index contributed by atoms with van der Waals surface area (Å²) < 4.78 is 7.04. The summed E-state index contributed by atoms with van der Waals surface area (Å²) in [7, 11) is 0. The smallest absolute Gasteiger partial charge is 0.320 e. The maximum Gasteiger partial charge on any atom is 0.320 e. The lowest BCUT2D eigenvalue weighted by Crippen LogP contribution is -2.54. The van der Waals surface area contributed by atoms with Crippen LogP contribution in [0.5, 0.6) is 0 Å². The van der Waals surface area contributed by atoms with Crippen molar-refractivity contribution in [2.75, 3.05) is 44.2 Å².